The normalized spacial score (nSPS) is 11.5. The van der Waals surface area contributed by atoms with Crippen LogP contribution in [-0.4, -0.2) is 42.6 Å². The van der Waals surface area contributed by atoms with Crippen molar-refractivity contribution in [2.45, 2.75) is 33.3 Å². The fourth-order valence-electron chi connectivity index (χ4n) is 1.13. The highest BCUT2D eigenvalue weighted by molar-refractivity contribution is 9.09. The first-order valence-electron chi connectivity index (χ1n) is 5.10. The van der Waals surface area contributed by atoms with E-state index in [1.54, 1.807) is 0 Å². The Bertz CT molecular complexity index is 109. The molecule has 0 aliphatic heterocycles. The molecule has 0 fully saturated rings. The molecule has 0 saturated carbocycles. The van der Waals surface area contributed by atoms with Gasteiger partial charge in [0.2, 0.25) is 0 Å². The average molecular weight is 252 g/mol. The highest BCUT2D eigenvalue weighted by Crippen LogP contribution is 1.95. The van der Waals surface area contributed by atoms with Crippen molar-refractivity contribution in [3.63, 3.8) is 0 Å². The molecule has 0 rings (SSSR count). The summed E-state index contributed by atoms with van der Waals surface area (Å²) in [7, 11) is 0. The van der Waals surface area contributed by atoms with Crippen LogP contribution in [0.5, 0.6) is 0 Å². The lowest BCUT2D eigenvalue weighted by molar-refractivity contribution is 0.0601. The maximum atomic E-state index is 5.50. The Labute approximate surface area is 90.8 Å². The number of hydrogen-bond donors (Lipinski definition) is 0. The zero-order chi connectivity index (χ0) is 10.1. The molecule has 0 aromatic rings. The van der Waals surface area contributed by atoms with Crippen LogP contribution in [0.1, 0.15) is 27.2 Å². The molecular formula is C10H22BrNO. The van der Waals surface area contributed by atoms with Crippen LogP contribution in [0.4, 0.5) is 0 Å². The first-order valence-corrected chi connectivity index (χ1v) is 6.22. The van der Waals surface area contributed by atoms with Gasteiger partial charge in [-0.25, -0.2) is 0 Å². The molecular weight excluding hydrogens is 230 g/mol. The molecule has 0 heterocycles. The smallest absolute Gasteiger partial charge is 0.0596 e. The Morgan fingerprint density at radius 2 is 2.00 bits per heavy atom. The fourth-order valence-corrected chi connectivity index (χ4v) is 1.38. The van der Waals surface area contributed by atoms with Gasteiger partial charge in [0.1, 0.15) is 0 Å². The maximum absolute atomic E-state index is 5.50. The van der Waals surface area contributed by atoms with E-state index in [9.17, 15) is 0 Å². The molecule has 0 aliphatic rings. The Morgan fingerprint density at radius 1 is 1.31 bits per heavy atom. The molecule has 80 valence electrons. The SMILES string of the molecule is CCN(CCCBr)CCOC(C)C. The van der Waals surface area contributed by atoms with Crippen LogP contribution >= 0.6 is 15.9 Å². The molecule has 0 radical (unpaired) electrons. The molecule has 0 amide bonds. The summed E-state index contributed by atoms with van der Waals surface area (Å²) in [6.45, 7) is 10.6. The Morgan fingerprint density at radius 3 is 2.46 bits per heavy atom. The summed E-state index contributed by atoms with van der Waals surface area (Å²) >= 11 is 3.44. The summed E-state index contributed by atoms with van der Waals surface area (Å²) in [5.41, 5.74) is 0. The maximum Gasteiger partial charge on any atom is 0.0596 e. The van der Waals surface area contributed by atoms with Gasteiger partial charge >= 0.3 is 0 Å². The van der Waals surface area contributed by atoms with Gasteiger partial charge in [-0.3, -0.25) is 0 Å². The molecule has 0 saturated heterocycles. The van der Waals surface area contributed by atoms with Crippen LogP contribution in [0.2, 0.25) is 0 Å². The molecule has 2 nitrogen and oxygen atoms in total. The van der Waals surface area contributed by atoms with Crippen LogP contribution in [0, 0.1) is 0 Å². The Kier molecular flexibility index (Phi) is 9.25. The molecule has 13 heavy (non-hydrogen) atoms. The summed E-state index contributed by atoms with van der Waals surface area (Å²) in [6, 6.07) is 0. The van der Waals surface area contributed by atoms with Crippen LogP contribution in [0.15, 0.2) is 0 Å². The monoisotopic (exact) mass is 251 g/mol. The number of nitrogens with zero attached hydrogens (tertiary/aromatic N) is 1. The summed E-state index contributed by atoms with van der Waals surface area (Å²) < 4.78 is 5.50. The molecule has 0 aromatic heterocycles. The fraction of sp³-hybridized carbons (Fsp3) is 1.00. The highest BCUT2D eigenvalue weighted by atomic mass is 79.9. The van der Waals surface area contributed by atoms with Crippen LogP contribution in [-0.2, 0) is 4.74 Å². The van der Waals surface area contributed by atoms with E-state index in [1.807, 2.05) is 0 Å². The second-order valence-corrected chi connectivity index (χ2v) is 4.19. The summed E-state index contributed by atoms with van der Waals surface area (Å²) in [4.78, 5) is 2.42. The van der Waals surface area contributed by atoms with Gasteiger partial charge in [0.15, 0.2) is 0 Å². The minimum Gasteiger partial charge on any atom is -0.377 e. The van der Waals surface area contributed by atoms with Crippen molar-refractivity contribution >= 4 is 15.9 Å². The third kappa shape index (κ3) is 8.72. The van der Waals surface area contributed by atoms with Gasteiger partial charge < -0.3 is 9.64 Å². The quantitative estimate of drug-likeness (QED) is 0.615. The van der Waals surface area contributed by atoms with Gasteiger partial charge in [0.05, 0.1) is 12.7 Å². The lowest BCUT2D eigenvalue weighted by Gasteiger charge is -2.20. The van der Waals surface area contributed by atoms with Crippen LogP contribution < -0.4 is 0 Å². The molecule has 0 unspecified atom stereocenters. The Balaban J connectivity index is 3.36. The first kappa shape index (κ1) is 13.4. The zero-order valence-electron chi connectivity index (χ0n) is 9.05. The van der Waals surface area contributed by atoms with Crippen molar-refractivity contribution in [1.82, 2.24) is 4.90 Å². The predicted octanol–water partition coefficient (Wildman–Crippen LogP) is 2.52. The third-order valence-electron chi connectivity index (χ3n) is 1.91. The van der Waals surface area contributed by atoms with Crippen molar-refractivity contribution in [2.75, 3.05) is 31.6 Å². The number of ether oxygens (including phenoxy) is 1. The highest BCUT2D eigenvalue weighted by Gasteiger charge is 2.01. The van der Waals surface area contributed by atoms with E-state index in [0.29, 0.717) is 6.10 Å². The standard InChI is InChI=1S/C10H22BrNO/c1-4-12(7-5-6-11)8-9-13-10(2)3/h10H,4-9H2,1-3H3. The van der Waals surface area contributed by atoms with E-state index in [1.165, 1.54) is 13.0 Å². The second kappa shape index (κ2) is 8.97. The van der Waals surface area contributed by atoms with E-state index in [2.05, 4.69) is 41.6 Å². The summed E-state index contributed by atoms with van der Waals surface area (Å²) in [6.07, 6.45) is 1.57. The predicted molar refractivity (Wildman–Crippen MR) is 61.6 cm³/mol. The van der Waals surface area contributed by atoms with Gasteiger partial charge in [-0.15, -0.1) is 0 Å². The van der Waals surface area contributed by atoms with Crippen molar-refractivity contribution in [3.8, 4) is 0 Å². The van der Waals surface area contributed by atoms with E-state index >= 15 is 0 Å². The molecule has 0 atom stereocenters. The average Bonchev–Trinajstić information content (AvgIpc) is 2.10. The van der Waals surface area contributed by atoms with Gasteiger partial charge in [-0.05, 0) is 33.4 Å². The van der Waals surface area contributed by atoms with Crippen molar-refractivity contribution in [3.05, 3.63) is 0 Å². The van der Waals surface area contributed by atoms with Crippen molar-refractivity contribution in [2.24, 2.45) is 0 Å². The Hall–Kier alpha value is 0.400. The molecule has 0 aliphatic carbocycles. The molecule has 3 heteroatoms. The first-order chi connectivity index (χ1) is 6.20. The minimum absolute atomic E-state index is 0.356. The largest absolute Gasteiger partial charge is 0.377 e. The summed E-state index contributed by atoms with van der Waals surface area (Å²) in [5.74, 6) is 0. The van der Waals surface area contributed by atoms with Gasteiger partial charge in [-0.2, -0.15) is 0 Å². The zero-order valence-corrected chi connectivity index (χ0v) is 10.6. The third-order valence-corrected chi connectivity index (χ3v) is 2.47. The summed E-state index contributed by atoms with van der Waals surface area (Å²) in [5, 5.41) is 1.09. The van der Waals surface area contributed by atoms with Gasteiger partial charge in [0, 0.05) is 11.9 Å². The lowest BCUT2D eigenvalue weighted by Crippen LogP contribution is -2.29. The number of rotatable bonds is 8. The number of hydrogen-bond acceptors (Lipinski definition) is 2. The topological polar surface area (TPSA) is 12.5 Å². The van der Waals surface area contributed by atoms with E-state index in [-0.39, 0.29) is 0 Å². The molecule has 0 N–H and O–H groups in total. The van der Waals surface area contributed by atoms with Crippen molar-refractivity contribution < 1.29 is 4.74 Å². The van der Waals surface area contributed by atoms with Gasteiger partial charge in [-0.1, -0.05) is 22.9 Å². The molecule has 0 aromatic carbocycles. The molecule has 0 bridgehead atoms. The van der Waals surface area contributed by atoms with Crippen LogP contribution in [0.3, 0.4) is 0 Å². The second-order valence-electron chi connectivity index (χ2n) is 3.40. The van der Waals surface area contributed by atoms with Crippen molar-refractivity contribution in [1.29, 1.82) is 0 Å². The van der Waals surface area contributed by atoms with E-state index in [4.69, 9.17) is 4.74 Å². The number of halogens is 1. The van der Waals surface area contributed by atoms with E-state index < -0.39 is 0 Å². The lowest BCUT2D eigenvalue weighted by atomic mass is 10.4. The van der Waals surface area contributed by atoms with Crippen LogP contribution in [0.25, 0.3) is 0 Å². The van der Waals surface area contributed by atoms with Gasteiger partial charge in [0.25, 0.3) is 0 Å². The number of alkyl halides is 1. The molecule has 0 spiro atoms. The number of likely N-dealkylation sites (N-methyl/N-ethyl adjacent to an activating group) is 1. The minimum atomic E-state index is 0.356. The van der Waals surface area contributed by atoms with E-state index in [0.717, 1.165) is 25.0 Å².